The van der Waals surface area contributed by atoms with Gasteiger partial charge in [-0.25, -0.2) is 4.79 Å². The van der Waals surface area contributed by atoms with Crippen molar-refractivity contribution < 1.29 is 23.8 Å². The first-order valence-corrected chi connectivity index (χ1v) is 15.2. The summed E-state index contributed by atoms with van der Waals surface area (Å²) in [6.07, 6.45) is 8.10. The van der Waals surface area contributed by atoms with Gasteiger partial charge in [-0.1, -0.05) is 46.0 Å². The zero-order valence-electron chi connectivity index (χ0n) is 25.2. The zero-order chi connectivity index (χ0) is 27.9. The average molecular weight is 538 g/mol. The van der Waals surface area contributed by atoms with E-state index in [1.54, 1.807) is 0 Å². The second-order valence-corrected chi connectivity index (χ2v) is 13.4. The topological polar surface area (TPSA) is 80.3 Å². The van der Waals surface area contributed by atoms with E-state index >= 15 is 0 Å². The molecule has 2 heterocycles. The highest BCUT2D eigenvalue weighted by Crippen LogP contribution is 2.41. The first-order valence-electron chi connectivity index (χ1n) is 15.2. The van der Waals surface area contributed by atoms with Gasteiger partial charge < -0.3 is 19.5 Å². The van der Waals surface area contributed by atoms with Crippen molar-refractivity contribution in [2.24, 2.45) is 17.8 Å². The molecule has 2 aliphatic heterocycles. The summed E-state index contributed by atoms with van der Waals surface area (Å²) in [5.74, 6) is 0.666. The molecule has 1 N–H and O–H groups in total. The predicted octanol–water partition coefficient (Wildman–Crippen LogP) is 5.20. The van der Waals surface area contributed by atoms with Gasteiger partial charge in [0.15, 0.2) is 0 Å². The van der Waals surface area contributed by atoms with E-state index in [0.717, 1.165) is 45.7 Å². The average Bonchev–Trinajstić information content (AvgIpc) is 3.09. The van der Waals surface area contributed by atoms with Crippen molar-refractivity contribution in [2.45, 2.75) is 123 Å². The summed E-state index contributed by atoms with van der Waals surface area (Å²) in [4.78, 5) is 31.1. The number of morpholine rings is 1. The minimum Gasteiger partial charge on any atom is -0.444 e. The fraction of sp³-hybridized carbons (Fsp3) is 0.933. The van der Waals surface area contributed by atoms with Crippen LogP contribution in [0.5, 0.6) is 0 Å². The molecule has 0 spiro atoms. The first-order chi connectivity index (χ1) is 17.9. The Labute approximate surface area is 231 Å². The van der Waals surface area contributed by atoms with E-state index in [1.807, 2.05) is 39.5 Å². The van der Waals surface area contributed by atoms with Crippen molar-refractivity contribution in [1.29, 1.82) is 0 Å². The molecule has 0 unspecified atom stereocenters. The van der Waals surface area contributed by atoms with Gasteiger partial charge >= 0.3 is 6.09 Å². The summed E-state index contributed by atoms with van der Waals surface area (Å²) >= 11 is 0. The molecule has 0 aromatic carbocycles. The Balaban J connectivity index is 1.68. The third-order valence-corrected chi connectivity index (χ3v) is 8.35. The third kappa shape index (κ3) is 9.09. The van der Waals surface area contributed by atoms with Crippen molar-refractivity contribution >= 4 is 12.0 Å². The lowest BCUT2D eigenvalue weighted by Crippen LogP contribution is -2.51. The molecule has 3 fully saturated rings. The lowest BCUT2D eigenvalue weighted by molar-refractivity contribution is -0.129. The van der Waals surface area contributed by atoms with Gasteiger partial charge in [0, 0.05) is 25.6 Å². The Bertz CT molecular complexity index is 753. The van der Waals surface area contributed by atoms with Crippen molar-refractivity contribution in [2.75, 3.05) is 39.4 Å². The van der Waals surface area contributed by atoms with Gasteiger partial charge in [0.2, 0.25) is 5.91 Å². The largest absolute Gasteiger partial charge is 0.444 e. The van der Waals surface area contributed by atoms with Crippen molar-refractivity contribution in [1.82, 2.24) is 15.1 Å². The van der Waals surface area contributed by atoms with Crippen LogP contribution in [0, 0.1) is 17.8 Å². The normalized spacial score (nSPS) is 25.9. The van der Waals surface area contributed by atoms with Gasteiger partial charge in [0.1, 0.15) is 11.3 Å². The molecule has 8 nitrogen and oxygen atoms in total. The van der Waals surface area contributed by atoms with Crippen LogP contribution in [0.2, 0.25) is 0 Å². The van der Waals surface area contributed by atoms with E-state index in [4.69, 9.17) is 14.2 Å². The molecule has 3 rings (SSSR count). The Morgan fingerprint density at radius 3 is 2.34 bits per heavy atom. The molecule has 1 saturated carbocycles. The van der Waals surface area contributed by atoms with Crippen LogP contribution in [0.4, 0.5) is 4.79 Å². The number of nitrogens with one attached hydrogen (secondary N) is 1. The molecule has 1 aliphatic carbocycles. The van der Waals surface area contributed by atoms with Gasteiger partial charge in [-0.2, -0.15) is 0 Å². The summed E-state index contributed by atoms with van der Waals surface area (Å²) in [5.41, 5.74) is -1.37. The second-order valence-electron chi connectivity index (χ2n) is 13.4. The Kier molecular flexibility index (Phi) is 11.3. The molecule has 8 heteroatoms. The van der Waals surface area contributed by atoms with Gasteiger partial charge in [-0.15, -0.1) is 0 Å². The molecule has 0 aromatic heterocycles. The van der Waals surface area contributed by atoms with Crippen LogP contribution >= 0.6 is 0 Å². The van der Waals surface area contributed by atoms with Crippen LogP contribution < -0.4 is 5.32 Å². The number of hydrogen-bond acceptors (Lipinski definition) is 6. The van der Waals surface area contributed by atoms with Gasteiger partial charge in [-0.3, -0.25) is 14.6 Å². The zero-order valence-corrected chi connectivity index (χ0v) is 25.2. The molecule has 0 bridgehead atoms. The summed E-state index contributed by atoms with van der Waals surface area (Å²) in [7, 11) is 0. The van der Waals surface area contributed by atoms with Crippen LogP contribution in [0.25, 0.3) is 0 Å². The molecule has 2 amide bonds. The number of amides is 2. The molecule has 3 aliphatic rings. The fourth-order valence-corrected chi connectivity index (χ4v) is 6.37. The molecule has 220 valence electrons. The summed E-state index contributed by atoms with van der Waals surface area (Å²) in [5, 5.41) is 3.20. The highest BCUT2D eigenvalue weighted by Gasteiger charge is 2.52. The third-order valence-electron chi connectivity index (χ3n) is 8.35. The summed E-state index contributed by atoms with van der Waals surface area (Å²) in [6.45, 7) is 19.0. The predicted molar refractivity (Wildman–Crippen MR) is 150 cm³/mol. The van der Waals surface area contributed by atoms with Crippen molar-refractivity contribution in [3.8, 4) is 0 Å². The Morgan fingerprint density at radius 2 is 1.74 bits per heavy atom. The second kappa shape index (κ2) is 13.8. The standard InChI is InChI=1S/C30H55N3O5/c1-22(2)24(27(34)31-14-11-15-32-16-18-36-19-17-32)21-26-25(20-23-12-9-8-10-13-23)33(30(6,7)37-26)28(35)38-29(3,4)5/h22-26H,8-21H2,1-7H3,(H,31,34)/t24-,25-,26-/m0/s1. The maximum atomic E-state index is 13.5. The van der Waals surface area contributed by atoms with Gasteiger partial charge in [-0.05, 0) is 72.3 Å². The SMILES string of the molecule is CC(C)[C@H](C[C@@H]1OC(C)(C)N(C(=O)OC(C)(C)C)[C@H]1CC1CCCCC1)C(=O)NCCCN1CCOCC1. The Morgan fingerprint density at radius 1 is 1.08 bits per heavy atom. The van der Waals surface area contributed by atoms with E-state index in [-0.39, 0.29) is 36.0 Å². The van der Waals surface area contributed by atoms with Gasteiger partial charge in [0.25, 0.3) is 0 Å². The molecule has 0 aromatic rings. The lowest BCUT2D eigenvalue weighted by Gasteiger charge is -2.37. The number of nitrogens with zero attached hydrogens (tertiary/aromatic N) is 2. The molecular weight excluding hydrogens is 482 g/mol. The summed E-state index contributed by atoms with van der Waals surface area (Å²) < 4.78 is 17.9. The molecule has 38 heavy (non-hydrogen) atoms. The van der Waals surface area contributed by atoms with Crippen LogP contribution in [0.15, 0.2) is 0 Å². The van der Waals surface area contributed by atoms with E-state index < -0.39 is 11.3 Å². The van der Waals surface area contributed by atoms with Crippen molar-refractivity contribution in [3.63, 3.8) is 0 Å². The van der Waals surface area contributed by atoms with Crippen molar-refractivity contribution in [3.05, 3.63) is 0 Å². The van der Waals surface area contributed by atoms with Crippen LogP contribution in [-0.4, -0.2) is 84.7 Å². The minimum absolute atomic E-state index is 0.0931. The lowest BCUT2D eigenvalue weighted by atomic mass is 9.81. The van der Waals surface area contributed by atoms with E-state index in [2.05, 4.69) is 24.1 Å². The quantitative estimate of drug-likeness (QED) is 0.386. The molecule has 2 saturated heterocycles. The fourth-order valence-electron chi connectivity index (χ4n) is 6.37. The maximum Gasteiger partial charge on any atom is 0.412 e. The van der Waals surface area contributed by atoms with Crippen LogP contribution in [0.3, 0.4) is 0 Å². The van der Waals surface area contributed by atoms with Gasteiger partial charge in [0.05, 0.1) is 25.4 Å². The first kappa shape index (κ1) is 31.2. The maximum absolute atomic E-state index is 13.5. The highest BCUT2D eigenvalue weighted by molar-refractivity contribution is 5.79. The van der Waals surface area contributed by atoms with E-state index in [1.165, 1.54) is 32.1 Å². The highest BCUT2D eigenvalue weighted by atomic mass is 16.6. The number of hydrogen-bond donors (Lipinski definition) is 1. The minimum atomic E-state index is -0.789. The smallest absolute Gasteiger partial charge is 0.412 e. The van der Waals surface area contributed by atoms with Crippen LogP contribution in [-0.2, 0) is 19.0 Å². The molecular formula is C30H55N3O5. The monoisotopic (exact) mass is 537 g/mol. The molecule has 0 radical (unpaired) electrons. The number of ether oxygens (including phenoxy) is 3. The number of carbonyl (C=O) groups excluding carboxylic acids is 2. The number of carbonyl (C=O) groups is 2. The van der Waals surface area contributed by atoms with Crippen LogP contribution in [0.1, 0.15) is 99.8 Å². The number of rotatable bonds is 10. The molecule has 3 atom stereocenters. The summed E-state index contributed by atoms with van der Waals surface area (Å²) in [6, 6.07) is -0.0988. The Hall–Kier alpha value is -1.38. The van der Waals surface area contributed by atoms with E-state index in [0.29, 0.717) is 18.9 Å². The van der Waals surface area contributed by atoms with E-state index in [9.17, 15) is 9.59 Å².